The number of nitrogens with zero attached hydrogens (tertiary/aromatic N) is 3. The number of hydrogen-bond donors (Lipinski definition) is 2. The summed E-state index contributed by atoms with van der Waals surface area (Å²) in [6.45, 7) is 8.80. The van der Waals surface area contributed by atoms with Crippen molar-refractivity contribution in [2.75, 3.05) is 18.4 Å². The van der Waals surface area contributed by atoms with Crippen LogP contribution in [0.25, 0.3) is 10.9 Å². The molecule has 0 saturated carbocycles. The summed E-state index contributed by atoms with van der Waals surface area (Å²) in [5.41, 5.74) is 3.87. The van der Waals surface area contributed by atoms with Gasteiger partial charge in [-0.2, -0.15) is 0 Å². The molecule has 1 atom stereocenters. The van der Waals surface area contributed by atoms with Crippen molar-refractivity contribution in [3.8, 4) is 0 Å². The number of para-hydroxylation sites is 1. The van der Waals surface area contributed by atoms with Crippen molar-refractivity contribution >= 4 is 22.9 Å². The standard InChI is InChI=1S/C20H29N5O3/c1-13-8-6-10-15-16(13)22-18(24(5)17(15)26)21-14-9-7-11-25(12-14)23-19(27)28-20(2,3)4/h6,8,10,14H,7,9,11-12H2,1-5H3,(H,21,22)(H,23,27). The van der Waals surface area contributed by atoms with Crippen molar-refractivity contribution in [1.29, 1.82) is 0 Å². The molecule has 0 spiro atoms. The quantitative estimate of drug-likeness (QED) is 0.842. The van der Waals surface area contributed by atoms with Crippen LogP contribution in [0.2, 0.25) is 0 Å². The summed E-state index contributed by atoms with van der Waals surface area (Å²) in [6, 6.07) is 5.68. The fraction of sp³-hybridized carbons (Fsp3) is 0.550. The molecule has 2 N–H and O–H groups in total. The van der Waals surface area contributed by atoms with Crippen LogP contribution in [0, 0.1) is 6.92 Å². The SMILES string of the molecule is Cc1cccc2c(=O)n(C)c(NC3CCCN(NC(=O)OC(C)(C)C)C3)nc12. The predicted molar refractivity (Wildman–Crippen MR) is 109 cm³/mol. The van der Waals surface area contributed by atoms with Crippen molar-refractivity contribution in [3.63, 3.8) is 0 Å². The number of hydrazine groups is 1. The van der Waals surface area contributed by atoms with Gasteiger partial charge in [0.1, 0.15) is 5.60 Å². The van der Waals surface area contributed by atoms with E-state index in [-0.39, 0.29) is 11.6 Å². The Bertz CT molecular complexity index is 932. The Balaban J connectivity index is 1.73. The van der Waals surface area contributed by atoms with Gasteiger partial charge in [0.2, 0.25) is 5.95 Å². The summed E-state index contributed by atoms with van der Waals surface area (Å²) in [5, 5.41) is 5.84. The van der Waals surface area contributed by atoms with Crippen LogP contribution < -0.4 is 16.3 Å². The van der Waals surface area contributed by atoms with Gasteiger partial charge in [-0.3, -0.25) is 14.8 Å². The lowest BCUT2D eigenvalue weighted by Crippen LogP contribution is -2.52. The largest absolute Gasteiger partial charge is 0.443 e. The van der Waals surface area contributed by atoms with Crippen LogP contribution in [-0.2, 0) is 11.8 Å². The molecule has 1 aliphatic rings. The van der Waals surface area contributed by atoms with Gasteiger partial charge >= 0.3 is 6.09 Å². The number of nitrogens with one attached hydrogen (secondary N) is 2. The van der Waals surface area contributed by atoms with Crippen LogP contribution in [-0.4, -0.2) is 45.4 Å². The maximum absolute atomic E-state index is 12.7. The lowest BCUT2D eigenvalue weighted by molar-refractivity contribution is 0.0289. The number of aryl methyl sites for hydroxylation is 1. The average Bonchev–Trinajstić information content (AvgIpc) is 2.59. The van der Waals surface area contributed by atoms with E-state index in [4.69, 9.17) is 4.74 Å². The first-order valence-corrected chi connectivity index (χ1v) is 9.61. The van der Waals surface area contributed by atoms with Crippen LogP contribution in [0.4, 0.5) is 10.7 Å². The number of ether oxygens (including phenoxy) is 1. The van der Waals surface area contributed by atoms with E-state index >= 15 is 0 Å². The summed E-state index contributed by atoms with van der Waals surface area (Å²) in [4.78, 5) is 29.4. The van der Waals surface area contributed by atoms with Crippen molar-refractivity contribution in [3.05, 3.63) is 34.1 Å². The molecule has 0 bridgehead atoms. The molecule has 1 fully saturated rings. The Kier molecular flexibility index (Phi) is 5.60. The van der Waals surface area contributed by atoms with Crippen LogP contribution in [0.15, 0.2) is 23.0 Å². The first-order valence-electron chi connectivity index (χ1n) is 9.61. The van der Waals surface area contributed by atoms with E-state index in [1.807, 2.05) is 44.8 Å². The Labute approximate surface area is 164 Å². The van der Waals surface area contributed by atoms with Gasteiger partial charge in [0.05, 0.1) is 10.9 Å². The number of anilines is 1. The highest BCUT2D eigenvalue weighted by atomic mass is 16.6. The number of rotatable bonds is 3. The second-order valence-electron chi connectivity index (χ2n) is 8.31. The minimum atomic E-state index is -0.539. The zero-order valence-corrected chi connectivity index (χ0v) is 17.2. The fourth-order valence-electron chi connectivity index (χ4n) is 3.38. The maximum atomic E-state index is 12.7. The third-order valence-electron chi connectivity index (χ3n) is 4.71. The first-order chi connectivity index (χ1) is 13.1. The molecule has 8 heteroatoms. The molecule has 0 radical (unpaired) electrons. The molecule has 3 rings (SSSR count). The van der Waals surface area contributed by atoms with Crippen molar-refractivity contribution in [1.82, 2.24) is 20.0 Å². The summed E-state index contributed by atoms with van der Waals surface area (Å²) < 4.78 is 6.86. The van der Waals surface area contributed by atoms with Gasteiger partial charge in [0.15, 0.2) is 0 Å². The Morgan fingerprint density at radius 1 is 1.32 bits per heavy atom. The molecular weight excluding hydrogens is 358 g/mol. The molecule has 2 heterocycles. The molecule has 1 amide bonds. The van der Waals surface area contributed by atoms with Gasteiger partial charge < -0.3 is 10.1 Å². The molecule has 0 aliphatic carbocycles. The molecule has 152 valence electrons. The number of hydrogen-bond acceptors (Lipinski definition) is 6. The zero-order valence-electron chi connectivity index (χ0n) is 17.2. The third kappa shape index (κ3) is 4.62. The van der Waals surface area contributed by atoms with E-state index in [0.29, 0.717) is 23.4 Å². The van der Waals surface area contributed by atoms with Crippen molar-refractivity contribution in [2.24, 2.45) is 7.05 Å². The van der Waals surface area contributed by atoms with E-state index < -0.39 is 11.7 Å². The minimum Gasteiger partial charge on any atom is -0.443 e. The van der Waals surface area contributed by atoms with Gasteiger partial charge in [-0.25, -0.2) is 14.8 Å². The second kappa shape index (κ2) is 7.79. The van der Waals surface area contributed by atoms with E-state index in [0.717, 1.165) is 24.9 Å². The number of fused-ring (bicyclic) bond motifs is 1. The Morgan fingerprint density at radius 3 is 2.79 bits per heavy atom. The number of benzene rings is 1. The summed E-state index contributed by atoms with van der Waals surface area (Å²) >= 11 is 0. The molecule has 1 saturated heterocycles. The number of piperidine rings is 1. The summed E-state index contributed by atoms with van der Waals surface area (Å²) in [6.07, 6.45) is 1.38. The molecule has 28 heavy (non-hydrogen) atoms. The number of carbonyl (C=O) groups excluding carboxylic acids is 1. The number of carbonyl (C=O) groups is 1. The smallest absolute Gasteiger partial charge is 0.422 e. The van der Waals surface area contributed by atoms with E-state index in [1.54, 1.807) is 17.7 Å². The molecular formula is C20H29N5O3. The highest BCUT2D eigenvalue weighted by Gasteiger charge is 2.24. The zero-order chi connectivity index (χ0) is 20.5. The fourth-order valence-corrected chi connectivity index (χ4v) is 3.38. The van der Waals surface area contributed by atoms with Crippen molar-refractivity contribution in [2.45, 2.75) is 52.2 Å². The van der Waals surface area contributed by atoms with Crippen LogP contribution in [0.1, 0.15) is 39.2 Å². The summed E-state index contributed by atoms with van der Waals surface area (Å²) in [5.74, 6) is 0.538. The molecule has 8 nitrogen and oxygen atoms in total. The molecule has 1 unspecified atom stereocenters. The van der Waals surface area contributed by atoms with Crippen molar-refractivity contribution < 1.29 is 9.53 Å². The highest BCUT2D eigenvalue weighted by Crippen LogP contribution is 2.18. The Morgan fingerprint density at radius 2 is 2.07 bits per heavy atom. The lowest BCUT2D eigenvalue weighted by Gasteiger charge is -2.34. The van der Waals surface area contributed by atoms with E-state index in [9.17, 15) is 9.59 Å². The molecule has 1 aromatic heterocycles. The molecule has 1 aliphatic heterocycles. The summed E-state index contributed by atoms with van der Waals surface area (Å²) in [7, 11) is 1.72. The number of aromatic nitrogens is 2. The monoisotopic (exact) mass is 387 g/mol. The van der Waals surface area contributed by atoms with Gasteiger partial charge in [0, 0.05) is 26.2 Å². The van der Waals surface area contributed by atoms with Crippen LogP contribution >= 0.6 is 0 Å². The first kappa shape index (κ1) is 20.1. The van der Waals surface area contributed by atoms with Gasteiger partial charge in [-0.1, -0.05) is 12.1 Å². The second-order valence-corrected chi connectivity index (χ2v) is 8.31. The molecule has 1 aromatic carbocycles. The lowest BCUT2D eigenvalue weighted by atomic mass is 10.1. The van der Waals surface area contributed by atoms with Crippen LogP contribution in [0.5, 0.6) is 0 Å². The molecule has 2 aromatic rings. The van der Waals surface area contributed by atoms with E-state index in [2.05, 4.69) is 15.7 Å². The predicted octanol–water partition coefficient (Wildman–Crippen LogP) is 2.56. The topological polar surface area (TPSA) is 88.5 Å². The maximum Gasteiger partial charge on any atom is 0.422 e. The van der Waals surface area contributed by atoms with Gasteiger partial charge in [-0.05, 0) is 52.2 Å². The van der Waals surface area contributed by atoms with Crippen LogP contribution in [0.3, 0.4) is 0 Å². The van der Waals surface area contributed by atoms with Gasteiger partial charge in [0.25, 0.3) is 5.56 Å². The highest BCUT2D eigenvalue weighted by molar-refractivity contribution is 5.81. The Hall–Kier alpha value is -2.61. The van der Waals surface area contributed by atoms with E-state index in [1.165, 1.54) is 0 Å². The normalized spacial score (nSPS) is 18.1. The van der Waals surface area contributed by atoms with Gasteiger partial charge in [-0.15, -0.1) is 0 Å². The average molecular weight is 387 g/mol. The third-order valence-corrected chi connectivity index (χ3v) is 4.71. The minimum absolute atomic E-state index is 0.0586. The number of amides is 1.